The number of aromatic nitrogens is 4. The number of rotatable bonds is 6. The molecular formula is C28H25N5O3S. The van der Waals surface area contributed by atoms with E-state index >= 15 is 0 Å². The van der Waals surface area contributed by atoms with Crippen LogP contribution in [0.3, 0.4) is 0 Å². The number of carbonyl (C=O) groups is 1. The molecule has 5 aromatic rings. The van der Waals surface area contributed by atoms with Crippen molar-refractivity contribution in [3.63, 3.8) is 0 Å². The Morgan fingerprint density at radius 3 is 2.14 bits per heavy atom. The number of benzene rings is 3. The predicted molar refractivity (Wildman–Crippen MR) is 147 cm³/mol. The van der Waals surface area contributed by atoms with Crippen LogP contribution in [0.15, 0.2) is 99.7 Å². The van der Waals surface area contributed by atoms with Gasteiger partial charge in [-0.2, -0.15) is 0 Å². The van der Waals surface area contributed by atoms with Crippen molar-refractivity contribution >= 4 is 34.3 Å². The Morgan fingerprint density at radius 2 is 1.46 bits per heavy atom. The van der Waals surface area contributed by atoms with Crippen LogP contribution in [0.5, 0.6) is 0 Å². The maximum Gasteiger partial charge on any atom is 0.295 e. The highest BCUT2D eigenvalue weighted by Crippen LogP contribution is 2.26. The van der Waals surface area contributed by atoms with E-state index in [-0.39, 0.29) is 22.7 Å². The summed E-state index contributed by atoms with van der Waals surface area (Å²) >= 11 is 1.16. The Morgan fingerprint density at radius 1 is 0.865 bits per heavy atom. The third-order valence-electron chi connectivity index (χ3n) is 6.21. The van der Waals surface area contributed by atoms with Gasteiger partial charge in [-0.25, -0.2) is 9.67 Å². The van der Waals surface area contributed by atoms with Crippen LogP contribution in [0.2, 0.25) is 0 Å². The van der Waals surface area contributed by atoms with Crippen LogP contribution >= 0.6 is 11.8 Å². The lowest BCUT2D eigenvalue weighted by Gasteiger charge is -2.16. The van der Waals surface area contributed by atoms with E-state index in [9.17, 15) is 14.4 Å². The van der Waals surface area contributed by atoms with E-state index in [2.05, 4.69) is 5.32 Å². The molecule has 2 aromatic heterocycles. The van der Waals surface area contributed by atoms with E-state index in [0.717, 1.165) is 11.8 Å². The van der Waals surface area contributed by atoms with Crippen LogP contribution in [-0.4, -0.2) is 30.1 Å². The van der Waals surface area contributed by atoms with E-state index in [4.69, 9.17) is 4.98 Å². The molecule has 1 amide bonds. The fourth-order valence-corrected chi connectivity index (χ4v) is 5.07. The number of fused-ring (bicyclic) bond motifs is 1. The number of para-hydroxylation sites is 3. The first-order valence-electron chi connectivity index (χ1n) is 11.8. The molecule has 186 valence electrons. The van der Waals surface area contributed by atoms with Crippen LogP contribution in [-0.2, 0) is 11.8 Å². The van der Waals surface area contributed by atoms with Gasteiger partial charge < -0.3 is 5.32 Å². The van der Waals surface area contributed by atoms with E-state index in [1.165, 1.54) is 9.25 Å². The lowest BCUT2D eigenvalue weighted by molar-refractivity contribution is -0.115. The van der Waals surface area contributed by atoms with Crippen LogP contribution in [0, 0.1) is 6.92 Å². The third kappa shape index (κ3) is 4.49. The summed E-state index contributed by atoms with van der Waals surface area (Å²) in [5.74, 6) is -0.363. The molecule has 5 rings (SSSR count). The van der Waals surface area contributed by atoms with Gasteiger partial charge in [-0.05, 0) is 50.2 Å². The molecular weight excluding hydrogens is 486 g/mol. The Hall–Kier alpha value is -4.37. The van der Waals surface area contributed by atoms with Crippen molar-refractivity contribution in [3.05, 3.63) is 111 Å². The number of amides is 1. The normalized spacial score (nSPS) is 12.0. The summed E-state index contributed by atoms with van der Waals surface area (Å²) in [6, 6.07) is 25.6. The van der Waals surface area contributed by atoms with Gasteiger partial charge in [0.25, 0.3) is 11.1 Å². The zero-order valence-corrected chi connectivity index (χ0v) is 21.4. The minimum atomic E-state index is -0.646. The standard InChI is InChI=1S/C28H25N5O3S/c1-18-24(27(36)33(31(18)3)21-14-8-5-9-15-21)30-25(34)19(2)37-28-29-23-17-11-10-16-22(23)26(35)32(28)20-12-6-4-7-13-20/h4-17,19H,1-3H3,(H,30,34). The highest BCUT2D eigenvalue weighted by molar-refractivity contribution is 8.00. The largest absolute Gasteiger partial charge is 0.319 e. The lowest BCUT2D eigenvalue weighted by Crippen LogP contribution is -2.28. The molecule has 1 unspecified atom stereocenters. The van der Waals surface area contributed by atoms with Gasteiger partial charge in [-0.3, -0.25) is 23.6 Å². The Labute approximate surface area is 217 Å². The number of hydrogen-bond donors (Lipinski definition) is 1. The molecule has 9 heteroatoms. The van der Waals surface area contributed by atoms with E-state index in [1.54, 1.807) is 43.8 Å². The monoisotopic (exact) mass is 511 g/mol. The van der Waals surface area contributed by atoms with Crippen molar-refractivity contribution in [2.24, 2.45) is 7.05 Å². The molecule has 1 atom stereocenters. The number of carbonyl (C=O) groups excluding carboxylic acids is 1. The molecule has 0 saturated carbocycles. The minimum absolute atomic E-state index is 0.212. The Balaban J connectivity index is 1.49. The fraction of sp³-hybridized carbons (Fsp3) is 0.143. The van der Waals surface area contributed by atoms with Crippen molar-refractivity contribution in [1.29, 1.82) is 0 Å². The number of thioether (sulfide) groups is 1. The molecule has 0 saturated heterocycles. The van der Waals surface area contributed by atoms with Gasteiger partial charge in [0, 0.05) is 7.05 Å². The Kier molecular flexibility index (Phi) is 6.54. The smallest absolute Gasteiger partial charge is 0.295 e. The van der Waals surface area contributed by atoms with Crippen LogP contribution in [0.1, 0.15) is 12.6 Å². The first kappa shape index (κ1) is 24.3. The van der Waals surface area contributed by atoms with E-state index in [1.807, 2.05) is 66.7 Å². The topological polar surface area (TPSA) is 90.9 Å². The van der Waals surface area contributed by atoms with Crippen molar-refractivity contribution in [1.82, 2.24) is 18.9 Å². The molecule has 37 heavy (non-hydrogen) atoms. The number of anilines is 1. The van der Waals surface area contributed by atoms with E-state index in [0.29, 0.717) is 33.1 Å². The van der Waals surface area contributed by atoms with Crippen LogP contribution in [0.25, 0.3) is 22.3 Å². The summed E-state index contributed by atoms with van der Waals surface area (Å²) in [5.41, 5.74) is 2.23. The van der Waals surface area contributed by atoms with Crippen LogP contribution in [0.4, 0.5) is 5.69 Å². The maximum atomic E-state index is 13.4. The molecule has 0 radical (unpaired) electrons. The molecule has 2 heterocycles. The van der Waals surface area contributed by atoms with E-state index < -0.39 is 5.25 Å². The molecule has 0 bridgehead atoms. The highest BCUT2D eigenvalue weighted by atomic mass is 32.2. The zero-order valence-electron chi connectivity index (χ0n) is 20.6. The van der Waals surface area contributed by atoms with Gasteiger partial charge in [0.05, 0.1) is 33.2 Å². The average Bonchev–Trinajstić information content (AvgIpc) is 3.12. The van der Waals surface area contributed by atoms with Crippen molar-refractivity contribution < 1.29 is 4.79 Å². The average molecular weight is 512 g/mol. The van der Waals surface area contributed by atoms with Gasteiger partial charge in [0.1, 0.15) is 5.69 Å². The summed E-state index contributed by atoms with van der Waals surface area (Å²) in [6.45, 7) is 3.51. The SMILES string of the molecule is Cc1c(NC(=O)C(C)Sc2nc3ccccc3c(=O)n2-c2ccccc2)c(=O)n(-c2ccccc2)n1C. The fourth-order valence-electron chi connectivity index (χ4n) is 4.14. The molecule has 8 nitrogen and oxygen atoms in total. The first-order chi connectivity index (χ1) is 17.9. The predicted octanol–water partition coefficient (Wildman–Crippen LogP) is 4.30. The summed E-state index contributed by atoms with van der Waals surface area (Å²) in [5, 5.41) is 3.05. The van der Waals surface area contributed by atoms with Crippen molar-refractivity contribution in [3.8, 4) is 11.4 Å². The summed E-state index contributed by atoms with van der Waals surface area (Å²) in [4.78, 5) is 44.6. The minimum Gasteiger partial charge on any atom is -0.319 e. The number of hydrogen-bond acceptors (Lipinski definition) is 5. The molecule has 0 spiro atoms. The van der Waals surface area contributed by atoms with Gasteiger partial charge in [0.2, 0.25) is 5.91 Å². The van der Waals surface area contributed by atoms with Gasteiger partial charge in [0.15, 0.2) is 5.16 Å². The number of nitrogens with one attached hydrogen (secondary N) is 1. The lowest BCUT2D eigenvalue weighted by atomic mass is 10.2. The molecule has 0 fully saturated rings. The molecule has 0 aliphatic rings. The van der Waals surface area contributed by atoms with Gasteiger partial charge in [-0.1, -0.05) is 60.3 Å². The van der Waals surface area contributed by atoms with Crippen LogP contribution < -0.4 is 16.4 Å². The molecule has 0 aliphatic heterocycles. The second-order valence-electron chi connectivity index (χ2n) is 8.57. The highest BCUT2D eigenvalue weighted by Gasteiger charge is 2.24. The summed E-state index contributed by atoms with van der Waals surface area (Å²) in [7, 11) is 1.77. The van der Waals surface area contributed by atoms with Crippen molar-refractivity contribution in [2.75, 3.05) is 5.32 Å². The van der Waals surface area contributed by atoms with Gasteiger partial charge >= 0.3 is 0 Å². The van der Waals surface area contributed by atoms with Gasteiger partial charge in [-0.15, -0.1) is 0 Å². The second kappa shape index (κ2) is 9.94. The summed E-state index contributed by atoms with van der Waals surface area (Å²) < 4.78 is 4.75. The number of nitrogens with zero attached hydrogens (tertiary/aromatic N) is 4. The molecule has 0 aliphatic carbocycles. The second-order valence-corrected chi connectivity index (χ2v) is 9.88. The first-order valence-corrected chi connectivity index (χ1v) is 12.6. The zero-order chi connectivity index (χ0) is 26.1. The third-order valence-corrected chi connectivity index (χ3v) is 7.27. The quantitative estimate of drug-likeness (QED) is 0.271. The molecule has 1 N–H and O–H groups in total. The summed E-state index contributed by atoms with van der Waals surface area (Å²) in [6.07, 6.45) is 0. The van der Waals surface area contributed by atoms with Crippen molar-refractivity contribution in [2.45, 2.75) is 24.3 Å². The molecule has 3 aromatic carbocycles. The Bertz CT molecular complexity index is 1720. The maximum absolute atomic E-state index is 13.4.